The van der Waals surface area contributed by atoms with Crippen LogP contribution in [0.3, 0.4) is 0 Å². The summed E-state index contributed by atoms with van der Waals surface area (Å²) in [4.78, 5) is 8.26. The van der Waals surface area contributed by atoms with Crippen LogP contribution in [0, 0.1) is 0 Å². The lowest BCUT2D eigenvalue weighted by atomic mass is 9.94. The first kappa shape index (κ1) is 15.5. The molecular formula is C17H15F3N2O. The first-order valence-corrected chi connectivity index (χ1v) is 7.33. The number of rotatable bonds is 4. The van der Waals surface area contributed by atoms with Crippen LogP contribution < -0.4 is 4.74 Å². The zero-order valence-electron chi connectivity index (χ0n) is 12.5. The highest BCUT2D eigenvalue weighted by Gasteiger charge is 2.33. The fraction of sp³-hybridized carbons (Fsp3) is 0.294. The Morgan fingerprint density at radius 3 is 2.78 bits per heavy atom. The molecule has 2 heterocycles. The van der Waals surface area contributed by atoms with Crippen molar-refractivity contribution in [2.75, 3.05) is 6.61 Å². The number of alkyl halides is 3. The topological polar surface area (TPSA) is 34.5 Å². The number of nitrogens with zero attached hydrogens (tertiary/aromatic N) is 2. The van der Waals surface area contributed by atoms with E-state index in [4.69, 9.17) is 4.74 Å². The maximum atomic E-state index is 13.2. The molecule has 1 aliphatic rings. The van der Waals surface area contributed by atoms with E-state index in [9.17, 15) is 13.2 Å². The highest BCUT2D eigenvalue weighted by Crippen LogP contribution is 2.39. The highest BCUT2D eigenvalue weighted by molar-refractivity contribution is 5.95. The van der Waals surface area contributed by atoms with Gasteiger partial charge in [0.15, 0.2) is 0 Å². The van der Waals surface area contributed by atoms with Crippen molar-refractivity contribution < 1.29 is 17.9 Å². The highest BCUT2D eigenvalue weighted by atomic mass is 19.4. The van der Waals surface area contributed by atoms with E-state index >= 15 is 0 Å². The van der Waals surface area contributed by atoms with E-state index in [0.29, 0.717) is 34.7 Å². The van der Waals surface area contributed by atoms with Gasteiger partial charge in [-0.15, -0.1) is 0 Å². The summed E-state index contributed by atoms with van der Waals surface area (Å²) in [6, 6.07) is 5.72. The molecule has 23 heavy (non-hydrogen) atoms. The molecule has 0 aliphatic carbocycles. The van der Waals surface area contributed by atoms with Gasteiger partial charge in [-0.25, -0.2) is 4.98 Å². The molecule has 0 bridgehead atoms. The maximum absolute atomic E-state index is 13.2. The minimum absolute atomic E-state index is 0.262. The summed E-state index contributed by atoms with van der Waals surface area (Å²) in [6.07, 6.45) is -0.435. The van der Waals surface area contributed by atoms with E-state index in [0.717, 1.165) is 18.6 Å². The lowest BCUT2D eigenvalue weighted by Gasteiger charge is -2.15. The first-order chi connectivity index (χ1) is 11.0. The molecule has 0 amide bonds. The summed E-state index contributed by atoms with van der Waals surface area (Å²) in [6.45, 7) is 2.67. The van der Waals surface area contributed by atoms with Crippen LogP contribution in [0.2, 0.25) is 0 Å². The van der Waals surface area contributed by atoms with Crippen LogP contribution in [0.5, 0.6) is 5.88 Å². The molecule has 6 heteroatoms. The number of hydrogen-bond acceptors (Lipinski definition) is 3. The third kappa shape index (κ3) is 3.06. The van der Waals surface area contributed by atoms with Gasteiger partial charge in [0.2, 0.25) is 5.88 Å². The van der Waals surface area contributed by atoms with Crippen molar-refractivity contribution in [1.29, 1.82) is 0 Å². The van der Waals surface area contributed by atoms with Gasteiger partial charge >= 0.3 is 6.18 Å². The van der Waals surface area contributed by atoms with Crippen molar-refractivity contribution in [3.05, 3.63) is 47.2 Å². The fourth-order valence-electron chi connectivity index (χ4n) is 2.53. The summed E-state index contributed by atoms with van der Waals surface area (Å²) in [5.41, 5.74) is 1.60. The first-order valence-electron chi connectivity index (χ1n) is 7.33. The second kappa shape index (κ2) is 6.02. The molecular weight excluding hydrogens is 305 g/mol. The van der Waals surface area contributed by atoms with Crippen molar-refractivity contribution >= 4 is 6.21 Å². The Bertz CT molecular complexity index is 754. The van der Waals surface area contributed by atoms with Gasteiger partial charge in [0, 0.05) is 23.5 Å². The molecule has 0 radical (unpaired) electrons. The van der Waals surface area contributed by atoms with Crippen LogP contribution in [0.4, 0.5) is 13.2 Å². The molecule has 3 nitrogen and oxygen atoms in total. The van der Waals surface area contributed by atoms with E-state index in [2.05, 4.69) is 9.98 Å². The summed E-state index contributed by atoms with van der Waals surface area (Å²) >= 11 is 0. The van der Waals surface area contributed by atoms with Crippen molar-refractivity contribution in [1.82, 2.24) is 4.98 Å². The lowest BCUT2D eigenvalue weighted by molar-refractivity contribution is -0.137. The van der Waals surface area contributed by atoms with E-state index < -0.39 is 11.7 Å². The summed E-state index contributed by atoms with van der Waals surface area (Å²) in [5.74, 6) is 0.344. The molecule has 0 atom stereocenters. The van der Waals surface area contributed by atoms with Crippen molar-refractivity contribution in [2.45, 2.75) is 26.1 Å². The number of benzene rings is 1. The van der Waals surface area contributed by atoms with Gasteiger partial charge < -0.3 is 4.74 Å². The fourth-order valence-corrected chi connectivity index (χ4v) is 2.53. The van der Waals surface area contributed by atoms with Crippen LogP contribution in [0.15, 0.2) is 35.5 Å². The Balaban J connectivity index is 2.16. The summed E-state index contributed by atoms with van der Waals surface area (Å²) in [5, 5.41) is 0. The molecule has 0 unspecified atom stereocenters. The van der Waals surface area contributed by atoms with Gasteiger partial charge in [-0.3, -0.25) is 4.99 Å². The van der Waals surface area contributed by atoms with E-state index in [-0.39, 0.29) is 6.54 Å². The van der Waals surface area contributed by atoms with Gasteiger partial charge in [-0.05, 0) is 41.8 Å². The number of pyridine rings is 1. The molecule has 1 aromatic heterocycles. The second-order valence-corrected chi connectivity index (χ2v) is 5.27. The monoisotopic (exact) mass is 320 g/mol. The molecule has 0 saturated carbocycles. The number of aliphatic imine (C=N–C) groups is 1. The van der Waals surface area contributed by atoms with Gasteiger partial charge in [0.25, 0.3) is 0 Å². The lowest BCUT2D eigenvalue weighted by Crippen LogP contribution is -2.08. The Hall–Kier alpha value is -2.37. The number of ether oxygens (including phenoxy) is 1. The smallest absolute Gasteiger partial charge is 0.416 e. The molecule has 2 aromatic rings. The summed E-state index contributed by atoms with van der Waals surface area (Å²) in [7, 11) is 0. The zero-order valence-corrected chi connectivity index (χ0v) is 12.5. The normalized spacial score (nSPS) is 13.2. The molecule has 3 rings (SSSR count). The Kier molecular flexibility index (Phi) is 4.07. The third-order valence-corrected chi connectivity index (χ3v) is 3.58. The van der Waals surface area contributed by atoms with E-state index in [1.54, 1.807) is 24.5 Å². The van der Waals surface area contributed by atoms with Crippen LogP contribution >= 0.6 is 0 Å². The van der Waals surface area contributed by atoms with E-state index in [1.807, 2.05) is 6.92 Å². The number of aromatic nitrogens is 1. The zero-order chi connectivity index (χ0) is 16.4. The quantitative estimate of drug-likeness (QED) is 0.832. The second-order valence-electron chi connectivity index (χ2n) is 5.27. The largest absolute Gasteiger partial charge is 0.477 e. The van der Waals surface area contributed by atoms with Crippen LogP contribution in [-0.4, -0.2) is 17.8 Å². The number of halogens is 3. The predicted octanol–water partition coefficient (Wildman–Crippen LogP) is 4.49. The molecule has 0 spiro atoms. The van der Waals surface area contributed by atoms with Crippen molar-refractivity contribution in [3.8, 4) is 17.0 Å². The maximum Gasteiger partial charge on any atom is 0.416 e. The number of hydrogen-bond donors (Lipinski definition) is 0. The molecule has 0 saturated heterocycles. The molecule has 120 valence electrons. The minimum atomic E-state index is -4.40. The van der Waals surface area contributed by atoms with E-state index in [1.165, 1.54) is 0 Å². The Morgan fingerprint density at radius 1 is 1.22 bits per heavy atom. The average Bonchev–Trinajstić information content (AvgIpc) is 3.00. The van der Waals surface area contributed by atoms with Crippen molar-refractivity contribution in [2.24, 2.45) is 4.99 Å². The predicted molar refractivity (Wildman–Crippen MR) is 81.8 cm³/mol. The van der Waals surface area contributed by atoms with Crippen molar-refractivity contribution in [3.63, 3.8) is 0 Å². The Labute approximate surface area is 131 Å². The van der Waals surface area contributed by atoms with Gasteiger partial charge in [-0.2, -0.15) is 13.2 Å². The van der Waals surface area contributed by atoms with Gasteiger partial charge in [0.05, 0.1) is 18.7 Å². The van der Waals surface area contributed by atoms with Gasteiger partial charge in [0.1, 0.15) is 0 Å². The standard InChI is InChI=1S/C17H15F3N2O/c1-2-6-23-16-13(4-3-5-22-16)14-8-12(17(18,19)20)7-11-9-21-10-15(11)14/h3-5,7-8,10H,2,6,9H2,1H3. The molecule has 0 fully saturated rings. The third-order valence-electron chi connectivity index (χ3n) is 3.58. The molecule has 1 aromatic carbocycles. The van der Waals surface area contributed by atoms with Crippen LogP contribution in [0.25, 0.3) is 11.1 Å². The number of fused-ring (bicyclic) bond motifs is 1. The summed E-state index contributed by atoms with van der Waals surface area (Å²) < 4.78 is 45.1. The van der Waals surface area contributed by atoms with Crippen LogP contribution in [-0.2, 0) is 12.7 Å². The molecule has 1 aliphatic heterocycles. The van der Waals surface area contributed by atoms with Crippen LogP contribution in [0.1, 0.15) is 30.0 Å². The SMILES string of the molecule is CCCOc1ncccc1-c1cc(C(F)(F)F)cc2c1C=NC2. The van der Waals surface area contributed by atoms with Gasteiger partial charge in [-0.1, -0.05) is 6.92 Å². The Morgan fingerprint density at radius 2 is 2.04 bits per heavy atom. The average molecular weight is 320 g/mol. The minimum Gasteiger partial charge on any atom is -0.477 e. The molecule has 0 N–H and O–H groups in total.